The molecule has 5 heteroatoms. The Hall–Kier alpha value is -2.43. The van der Waals surface area contributed by atoms with Crippen LogP contribution in [0.1, 0.15) is 20.8 Å². The molecular formula is C19H23N2O3. The molecule has 1 fully saturated rings. The van der Waals surface area contributed by atoms with E-state index in [1.54, 1.807) is 17.4 Å². The van der Waals surface area contributed by atoms with Crippen molar-refractivity contribution in [3.63, 3.8) is 0 Å². The standard InChI is InChI=1S/C19H23N2O3/c1-19(2,3)24-18(22)21-10-8-20(9-11-21)17-6-4-5-15(13-17)16-7-12-23-14-16/h5-7,12-14H,8-11H2,1-3H3. The van der Waals surface area contributed by atoms with Crippen molar-refractivity contribution in [2.24, 2.45) is 0 Å². The molecule has 0 spiro atoms. The molecule has 1 aliphatic heterocycles. The third-order valence-corrected chi connectivity index (χ3v) is 3.92. The van der Waals surface area contributed by atoms with Gasteiger partial charge in [-0.05, 0) is 56.7 Å². The predicted molar refractivity (Wildman–Crippen MR) is 93.0 cm³/mol. The summed E-state index contributed by atoms with van der Waals surface area (Å²) in [7, 11) is 0. The van der Waals surface area contributed by atoms with Crippen LogP contribution in [0.15, 0.2) is 41.2 Å². The average Bonchev–Trinajstić information content (AvgIpc) is 3.08. The molecule has 24 heavy (non-hydrogen) atoms. The molecule has 1 aromatic carbocycles. The van der Waals surface area contributed by atoms with Gasteiger partial charge in [-0.15, -0.1) is 0 Å². The first-order chi connectivity index (χ1) is 11.4. The van der Waals surface area contributed by atoms with Crippen molar-refractivity contribution in [3.8, 4) is 11.1 Å². The summed E-state index contributed by atoms with van der Waals surface area (Å²) in [5, 5.41) is 0. The maximum atomic E-state index is 12.1. The van der Waals surface area contributed by atoms with Gasteiger partial charge in [0, 0.05) is 37.4 Å². The van der Waals surface area contributed by atoms with Crippen LogP contribution in [-0.2, 0) is 4.74 Å². The van der Waals surface area contributed by atoms with Gasteiger partial charge in [-0.25, -0.2) is 4.79 Å². The van der Waals surface area contributed by atoms with Crippen molar-refractivity contribution in [2.45, 2.75) is 26.4 Å². The average molecular weight is 327 g/mol. The molecule has 0 unspecified atom stereocenters. The van der Waals surface area contributed by atoms with Crippen molar-refractivity contribution in [3.05, 3.63) is 42.9 Å². The van der Waals surface area contributed by atoms with Crippen LogP contribution in [0, 0.1) is 6.07 Å². The zero-order valence-electron chi connectivity index (χ0n) is 14.4. The molecule has 5 nitrogen and oxygen atoms in total. The monoisotopic (exact) mass is 327 g/mol. The quantitative estimate of drug-likeness (QED) is 0.841. The van der Waals surface area contributed by atoms with Gasteiger partial charge < -0.3 is 19.0 Å². The van der Waals surface area contributed by atoms with Gasteiger partial charge in [-0.2, -0.15) is 0 Å². The molecule has 0 atom stereocenters. The molecule has 0 N–H and O–H groups in total. The van der Waals surface area contributed by atoms with E-state index in [0.717, 1.165) is 29.9 Å². The van der Waals surface area contributed by atoms with E-state index in [2.05, 4.69) is 17.0 Å². The van der Waals surface area contributed by atoms with E-state index in [4.69, 9.17) is 9.15 Å². The molecule has 1 aliphatic rings. The van der Waals surface area contributed by atoms with E-state index in [-0.39, 0.29) is 6.09 Å². The van der Waals surface area contributed by atoms with Gasteiger partial charge >= 0.3 is 6.09 Å². The maximum Gasteiger partial charge on any atom is 0.410 e. The van der Waals surface area contributed by atoms with Crippen LogP contribution in [0.3, 0.4) is 0 Å². The van der Waals surface area contributed by atoms with Gasteiger partial charge in [-0.3, -0.25) is 0 Å². The summed E-state index contributed by atoms with van der Waals surface area (Å²) in [6.45, 7) is 8.54. The molecule has 2 heterocycles. The van der Waals surface area contributed by atoms with Crippen molar-refractivity contribution in [1.82, 2.24) is 4.90 Å². The van der Waals surface area contributed by atoms with Crippen LogP contribution < -0.4 is 4.90 Å². The topological polar surface area (TPSA) is 45.9 Å². The third kappa shape index (κ3) is 3.91. The van der Waals surface area contributed by atoms with Crippen LogP contribution in [-0.4, -0.2) is 42.8 Å². The molecule has 1 radical (unpaired) electrons. The van der Waals surface area contributed by atoms with Crippen molar-refractivity contribution in [2.75, 3.05) is 31.1 Å². The van der Waals surface area contributed by atoms with E-state index >= 15 is 0 Å². The highest BCUT2D eigenvalue weighted by Crippen LogP contribution is 2.25. The summed E-state index contributed by atoms with van der Waals surface area (Å²) in [5.41, 5.74) is 2.77. The Labute approximate surface area is 142 Å². The fourth-order valence-corrected chi connectivity index (χ4v) is 2.71. The summed E-state index contributed by atoms with van der Waals surface area (Å²) in [5.74, 6) is 0. The molecule has 1 amide bonds. The van der Waals surface area contributed by atoms with Gasteiger partial charge in [0.15, 0.2) is 0 Å². The van der Waals surface area contributed by atoms with Crippen molar-refractivity contribution < 1.29 is 13.9 Å². The number of anilines is 1. The molecule has 0 bridgehead atoms. The first-order valence-electron chi connectivity index (χ1n) is 8.19. The summed E-state index contributed by atoms with van der Waals surface area (Å²) >= 11 is 0. The molecule has 1 aromatic heterocycles. The number of carbonyl (C=O) groups excluding carboxylic acids is 1. The van der Waals surface area contributed by atoms with Crippen molar-refractivity contribution in [1.29, 1.82) is 0 Å². The number of carbonyl (C=O) groups is 1. The van der Waals surface area contributed by atoms with Gasteiger partial charge in [0.1, 0.15) is 5.60 Å². The maximum absolute atomic E-state index is 12.1. The SMILES string of the molecule is CC(C)(C)OC(=O)N1CCN(c2c[c]cc(-c3ccoc3)c2)CC1. The largest absolute Gasteiger partial charge is 0.472 e. The van der Waals surface area contributed by atoms with E-state index in [0.29, 0.717) is 13.1 Å². The Bertz CT molecular complexity index is 681. The minimum Gasteiger partial charge on any atom is -0.472 e. The summed E-state index contributed by atoms with van der Waals surface area (Å²) in [6, 6.07) is 11.2. The predicted octanol–water partition coefficient (Wildman–Crippen LogP) is 3.80. The van der Waals surface area contributed by atoms with Crippen LogP contribution in [0.5, 0.6) is 0 Å². The molecule has 0 aliphatic carbocycles. The van der Waals surface area contributed by atoms with Gasteiger partial charge in [0.25, 0.3) is 0 Å². The molecule has 2 aromatic rings. The summed E-state index contributed by atoms with van der Waals surface area (Å²) in [6.07, 6.45) is 3.16. The molecule has 127 valence electrons. The highest BCUT2D eigenvalue weighted by Gasteiger charge is 2.26. The Morgan fingerprint density at radius 3 is 2.54 bits per heavy atom. The Morgan fingerprint density at radius 2 is 1.92 bits per heavy atom. The lowest BCUT2D eigenvalue weighted by Gasteiger charge is -2.36. The fraction of sp³-hybridized carbons (Fsp3) is 0.421. The van der Waals surface area contributed by atoms with Gasteiger partial charge in [0.05, 0.1) is 12.5 Å². The second kappa shape index (κ2) is 6.59. The number of hydrogen-bond donors (Lipinski definition) is 0. The smallest absolute Gasteiger partial charge is 0.410 e. The van der Waals surface area contributed by atoms with E-state index < -0.39 is 5.60 Å². The van der Waals surface area contributed by atoms with Crippen LogP contribution in [0.2, 0.25) is 0 Å². The fourth-order valence-electron chi connectivity index (χ4n) is 2.71. The number of rotatable bonds is 2. The van der Waals surface area contributed by atoms with Crippen LogP contribution in [0.25, 0.3) is 11.1 Å². The molecule has 0 saturated carbocycles. The first kappa shape index (κ1) is 16.4. The zero-order chi connectivity index (χ0) is 17.2. The molecule has 1 saturated heterocycles. The Balaban J connectivity index is 1.63. The lowest BCUT2D eigenvalue weighted by atomic mass is 10.1. The van der Waals surface area contributed by atoms with E-state index in [1.807, 2.05) is 39.0 Å². The number of benzene rings is 1. The lowest BCUT2D eigenvalue weighted by molar-refractivity contribution is 0.0240. The Kier molecular flexibility index (Phi) is 4.51. The third-order valence-electron chi connectivity index (χ3n) is 3.92. The van der Waals surface area contributed by atoms with Crippen LogP contribution in [0.4, 0.5) is 10.5 Å². The highest BCUT2D eigenvalue weighted by molar-refractivity contribution is 5.70. The second-order valence-corrected chi connectivity index (χ2v) is 6.95. The van der Waals surface area contributed by atoms with Gasteiger partial charge in [0.2, 0.25) is 0 Å². The van der Waals surface area contributed by atoms with Crippen molar-refractivity contribution >= 4 is 11.8 Å². The number of nitrogens with zero attached hydrogens (tertiary/aromatic N) is 2. The second-order valence-electron chi connectivity index (χ2n) is 6.95. The summed E-state index contributed by atoms with van der Waals surface area (Å²) < 4.78 is 10.6. The number of ether oxygens (including phenoxy) is 1. The number of furan rings is 1. The number of piperazine rings is 1. The van der Waals surface area contributed by atoms with Crippen LogP contribution >= 0.6 is 0 Å². The minimum atomic E-state index is -0.456. The normalized spacial score (nSPS) is 15.5. The minimum absolute atomic E-state index is 0.235. The van der Waals surface area contributed by atoms with E-state index in [9.17, 15) is 4.79 Å². The van der Waals surface area contributed by atoms with E-state index in [1.165, 1.54) is 0 Å². The number of amides is 1. The Morgan fingerprint density at radius 1 is 1.17 bits per heavy atom. The molecule has 3 rings (SSSR count). The molecular weight excluding hydrogens is 304 g/mol. The highest BCUT2D eigenvalue weighted by atomic mass is 16.6. The lowest BCUT2D eigenvalue weighted by Crippen LogP contribution is -2.50. The first-order valence-corrected chi connectivity index (χ1v) is 8.19. The zero-order valence-corrected chi connectivity index (χ0v) is 14.4. The summed E-state index contributed by atoms with van der Waals surface area (Å²) in [4.78, 5) is 16.2. The number of hydrogen-bond acceptors (Lipinski definition) is 4. The van der Waals surface area contributed by atoms with Gasteiger partial charge in [-0.1, -0.05) is 0 Å².